The van der Waals surface area contributed by atoms with Crippen molar-refractivity contribution in [1.82, 2.24) is 4.90 Å². The molecule has 0 aromatic heterocycles. The minimum Gasteiger partial charge on any atom is -0.298 e. The molecule has 2 heteroatoms. The van der Waals surface area contributed by atoms with E-state index in [9.17, 15) is 4.79 Å². The van der Waals surface area contributed by atoms with Crippen molar-refractivity contribution >= 4 is 5.78 Å². The van der Waals surface area contributed by atoms with Gasteiger partial charge in [0.2, 0.25) is 0 Å². The Morgan fingerprint density at radius 1 is 1.78 bits per heavy atom. The average molecular weight is 125 g/mol. The molecule has 0 aromatic carbocycles. The fourth-order valence-electron chi connectivity index (χ4n) is 0.941. The van der Waals surface area contributed by atoms with Crippen LogP contribution in [0.15, 0.2) is 11.6 Å². The molecule has 1 rings (SSSR count). The monoisotopic (exact) mass is 125 g/mol. The molecule has 0 aliphatic carbocycles. The maximum atomic E-state index is 10.7. The second-order valence-corrected chi connectivity index (χ2v) is 2.48. The van der Waals surface area contributed by atoms with E-state index in [-0.39, 0.29) is 5.78 Å². The van der Waals surface area contributed by atoms with E-state index in [1.165, 1.54) is 0 Å². The lowest BCUT2D eigenvalue weighted by Crippen LogP contribution is -2.15. The predicted octanol–water partition coefficient (Wildman–Crippen LogP) is 0.447. The van der Waals surface area contributed by atoms with E-state index < -0.39 is 0 Å². The van der Waals surface area contributed by atoms with Crippen molar-refractivity contribution in [2.45, 2.75) is 6.92 Å². The van der Waals surface area contributed by atoms with Gasteiger partial charge in [-0.2, -0.15) is 0 Å². The van der Waals surface area contributed by atoms with Crippen molar-refractivity contribution in [1.29, 1.82) is 0 Å². The van der Waals surface area contributed by atoms with Crippen LogP contribution in [0.3, 0.4) is 0 Å². The van der Waals surface area contributed by atoms with Gasteiger partial charge in [0.05, 0.1) is 0 Å². The first-order valence-electron chi connectivity index (χ1n) is 3.08. The Bertz CT molecular complexity index is 160. The molecule has 0 atom stereocenters. The highest BCUT2D eigenvalue weighted by Crippen LogP contribution is 2.06. The van der Waals surface area contributed by atoms with Crippen molar-refractivity contribution in [2.75, 3.05) is 20.1 Å². The molecule has 0 radical (unpaired) electrons. The number of Topliss-reactive ketones (excluding diaryl/α,β-unsaturated/α-hetero) is 1. The van der Waals surface area contributed by atoms with Gasteiger partial charge in [-0.15, -0.1) is 0 Å². The second-order valence-electron chi connectivity index (χ2n) is 2.48. The first-order chi connectivity index (χ1) is 4.20. The number of hydrogen-bond acceptors (Lipinski definition) is 2. The summed E-state index contributed by atoms with van der Waals surface area (Å²) in [4.78, 5) is 12.8. The molecular weight excluding hydrogens is 114 g/mol. The molecule has 0 bridgehead atoms. The third-order valence-electron chi connectivity index (χ3n) is 1.54. The van der Waals surface area contributed by atoms with E-state index in [2.05, 4.69) is 4.90 Å². The van der Waals surface area contributed by atoms with Crippen LogP contribution in [-0.4, -0.2) is 30.8 Å². The molecule has 50 valence electrons. The van der Waals surface area contributed by atoms with Gasteiger partial charge in [-0.3, -0.25) is 9.69 Å². The van der Waals surface area contributed by atoms with E-state index in [0.717, 1.165) is 18.7 Å². The average Bonchev–Trinajstić information content (AvgIpc) is 2.14. The van der Waals surface area contributed by atoms with Gasteiger partial charge in [0.15, 0.2) is 5.78 Å². The highest BCUT2D eigenvalue weighted by atomic mass is 16.1. The highest BCUT2D eigenvalue weighted by Gasteiger charge is 2.12. The smallest absolute Gasteiger partial charge is 0.156 e. The van der Waals surface area contributed by atoms with Crippen molar-refractivity contribution < 1.29 is 4.79 Å². The van der Waals surface area contributed by atoms with E-state index in [4.69, 9.17) is 0 Å². The summed E-state index contributed by atoms with van der Waals surface area (Å²) in [5.74, 6) is 0.208. The summed E-state index contributed by atoms with van der Waals surface area (Å²) in [6.07, 6.45) is 1.99. The van der Waals surface area contributed by atoms with Crippen molar-refractivity contribution in [2.24, 2.45) is 0 Å². The molecule has 0 aromatic rings. The lowest BCUT2D eigenvalue weighted by atomic mass is 10.2. The Kier molecular flexibility index (Phi) is 1.67. The van der Waals surface area contributed by atoms with Crippen LogP contribution in [-0.2, 0) is 4.79 Å². The quantitative estimate of drug-likeness (QED) is 0.507. The zero-order valence-corrected chi connectivity index (χ0v) is 5.85. The van der Waals surface area contributed by atoms with Crippen LogP contribution >= 0.6 is 0 Å². The molecule has 0 saturated heterocycles. The van der Waals surface area contributed by atoms with E-state index in [1.54, 1.807) is 6.92 Å². The fourth-order valence-corrected chi connectivity index (χ4v) is 0.941. The zero-order chi connectivity index (χ0) is 6.85. The van der Waals surface area contributed by atoms with Crippen LogP contribution in [0.2, 0.25) is 0 Å². The minimum atomic E-state index is 0.208. The standard InChI is InChI=1S/C7H11NO/c1-6(9)7-3-4-8(2)5-7/h3H,4-5H2,1-2H3. The number of carbonyl (C=O) groups is 1. The summed E-state index contributed by atoms with van der Waals surface area (Å²) in [6.45, 7) is 3.37. The van der Waals surface area contributed by atoms with Gasteiger partial charge < -0.3 is 0 Å². The first-order valence-corrected chi connectivity index (χ1v) is 3.08. The molecule has 0 amide bonds. The van der Waals surface area contributed by atoms with Gasteiger partial charge >= 0.3 is 0 Å². The summed E-state index contributed by atoms with van der Waals surface area (Å²) in [7, 11) is 2.01. The summed E-state index contributed by atoms with van der Waals surface area (Å²) in [5, 5.41) is 0. The Hall–Kier alpha value is -0.630. The van der Waals surface area contributed by atoms with Gasteiger partial charge in [-0.25, -0.2) is 0 Å². The minimum absolute atomic E-state index is 0.208. The van der Waals surface area contributed by atoms with Gasteiger partial charge in [-0.1, -0.05) is 6.08 Å². The van der Waals surface area contributed by atoms with Crippen molar-refractivity contribution in [3.05, 3.63) is 11.6 Å². The largest absolute Gasteiger partial charge is 0.298 e. The van der Waals surface area contributed by atoms with Crippen LogP contribution in [0.5, 0.6) is 0 Å². The second kappa shape index (κ2) is 2.31. The van der Waals surface area contributed by atoms with Crippen LogP contribution in [0.1, 0.15) is 6.92 Å². The molecule has 0 unspecified atom stereocenters. The van der Waals surface area contributed by atoms with Gasteiger partial charge in [0.1, 0.15) is 0 Å². The van der Waals surface area contributed by atoms with Crippen molar-refractivity contribution in [3.8, 4) is 0 Å². The van der Waals surface area contributed by atoms with Gasteiger partial charge in [0.25, 0.3) is 0 Å². The number of carbonyl (C=O) groups excluding carboxylic acids is 1. The van der Waals surface area contributed by atoms with E-state index in [1.807, 2.05) is 13.1 Å². The number of likely N-dealkylation sites (N-methyl/N-ethyl adjacent to an activating group) is 1. The van der Waals surface area contributed by atoms with Crippen LogP contribution in [0, 0.1) is 0 Å². The molecule has 9 heavy (non-hydrogen) atoms. The van der Waals surface area contributed by atoms with E-state index in [0.29, 0.717) is 0 Å². The summed E-state index contributed by atoms with van der Waals surface area (Å²) >= 11 is 0. The normalized spacial score (nSPS) is 20.0. The maximum absolute atomic E-state index is 10.7. The molecule has 2 nitrogen and oxygen atoms in total. The molecule has 0 saturated carbocycles. The zero-order valence-electron chi connectivity index (χ0n) is 5.85. The lowest BCUT2D eigenvalue weighted by Gasteiger charge is -2.04. The highest BCUT2D eigenvalue weighted by molar-refractivity contribution is 5.94. The third kappa shape index (κ3) is 1.39. The predicted molar refractivity (Wildman–Crippen MR) is 36.3 cm³/mol. The van der Waals surface area contributed by atoms with Gasteiger partial charge in [-0.05, 0) is 14.0 Å². The van der Waals surface area contributed by atoms with Gasteiger partial charge in [0, 0.05) is 18.7 Å². The Labute approximate surface area is 55.2 Å². The maximum Gasteiger partial charge on any atom is 0.156 e. The number of rotatable bonds is 1. The van der Waals surface area contributed by atoms with Crippen LogP contribution in [0.25, 0.3) is 0 Å². The summed E-state index contributed by atoms with van der Waals surface area (Å²) in [5.41, 5.74) is 0.956. The number of nitrogens with zero attached hydrogens (tertiary/aromatic N) is 1. The number of ketones is 1. The molecule has 0 fully saturated rings. The van der Waals surface area contributed by atoms with Crippen LogP contribution in [0.4, 0.5) is 0 Å². The Morgan fingerprint density at radius 3 is 2.67 bits per heavy atom. The molecule has 1 aliphatic rings. The topological polar surface area (TPSA) is 20.3 Å². The summed E-state index contributed by atoms with van der Waals surface area (Å²) in [6, 6.07) is 0. The third-order valence-corrected chi connectivity index (χ3v) is 1.54. The molecular formula is C7H11NO. The van der Waals surface area contributed by atoms with Crippen molar-refractivity contribution in [3.63, 3.8) is 0 Å². The van der Waals surface area contributed by atoms with E-state index >= 15 is 0 Å². The number of hydrogen-bond donors (Lipinski definition) is 0. The molecule has 1 heterocycles. The Balaban J connectivity index is 2.55. The SMILES string of the molecule is CC(=O)C1=CCN(C)C1. The first kappa shape index (κ1) is 6.49. The fraction of sp³-hybridized carbons (Fsp3) is 0.571. The Morgan fingerprint density at radius 2 is 2.44 bits per heavy atom. The molecule has 0 spiro atoms. The van der Waals surface area contributed by atoms with Crippen LogP contribution < -0.4 is 0 Å². The summed E-state index contributed by atoms with van der Waals surface area (Å²) < 4.78 is 0. The lowest BCUT2D eigenvalue weighted by molar-refractivity contribution is -0.113. The molecule has 1 aliphatic heterocycles. The molecule has 0 N–H and O–H groups in total.